The van der Waals surface area contributed by atoms with Crippen LogP contribution in [0.2, 0.25) is 0 Å². The summed E-state index contributed by atoms with van der Waals surface area (Å²) in [7, 11) is 0. The molecule has 1 saturated carbocycles. The van der Waals surface area contributed by atoms with Gasteiger partial charge in [0.2, 0.25) is 0 Å². The van der Waals surface area contributed by atoms with Gasteiger partial charge in [-0.05, 0) is 25.0 Å². The molecule has 92 valence electrons. The summed E-state index contributed by atoms with van der Waals surface area (Å²) in [4.78, 5) is 22.3. The number of fused-ring (bicyclic) bond motifs is 1. The maximum Gasteiger partial charge on any atom is 0.278 e. The van der Waals surface area contributed by atoms with E-state index in [0.29, 0.717) is 11.9 Å². The number of hydrogen-bond acceptors (Lipinski definition) is 3. The molecule has 18 heavy (non-hydrogen) atoms. The van der Waals surface area contributed by atoms with Crippen molar-refractivity contribution in [3.63, 3.8) is 0 Å². The van der Waals surface area contributed by atoms with Crippen molar-refractivity contribution in [2.24, 2.45) is 5.92 Å². The van der Waals surface area contributed by atoms with Crippen LogP contribution in [0.5, 0.6) is 0 Å². The Morgan fingerprint density at radius 3 is 2.83 bits per heavy atom. The number of Topliss-reactive ketones (excluding diaryl/α,β-unsaturated/α-hetero) is 1. The van der Waals surface area contributed by atoms with Crippen LogP contribution in [0.1, 0.15) is 12.8 Å². The third-order valence-electron chi connectivity index (χ3n) is 3.35. The normalized spacial score (nSPS) is 14.9. The van der Waals surface area contributed by atoms with Gasteiger partial charge in [0.25, 0.3) is 5.69 Å². The topological polar surface area (TPSA) is 65.1 Å². The molecular weight excluding hydrogens is 232 g/mol. The van der Waals surface area contributed by atoms with Crippen molar-refractivity contribution in [1.29, 1.82) is 0 Å². The van der Waals surface area contributed by atoms with Gasteiger partial charge in [-0.2, -0.15) is 0 Å². The first-order valence-electron chi connectivity index (χ1n) is 5.92. The van der Waals surface area contributed by atoms with Crippen LogP contribution in [0, 0.1) is 16.0 Å². The predicted molar refractivity (Wildman–Crippen MR) is 66.3 cm³/mol. The SMILES string of the molecule is O=C(Cn1ccc2c([N+](=O)[O-])cccc21)C1CC1. The van der Waals surface area contributed by atoms with Gasteiger partial charge in [0.05, 0.1) is 22.4 Å². The van der Waals surface area contributed by atoms with Crippen molar-refractivity contribution in [2.75, 3.05) is 0 Å². The Morgan fingerprint density at radius 1 is 1.39 bits per heavy atom. The standard InChI is InChI=1S/C13H12N2O3/c16-13(9-4-5-9)8-14-7-6-10-11(14)2-1-3-12(10)15(17)18/h1-3,6-7,9H,4-5,8H2. The highest BCUT2D eigenvalue weighted by Crippen LogP contribution is 2.31. The highest BCUT2D eigenvalue weighted by molar-refractivity contribution is 5.91. The van der Waals surface area contributed by atoms with Gasteiger partial charge in [0.15, 0.2) is 5.78 Å². The lowest BCUT2D eigenvalue weighted by Crippen LogP contribution is -2.10. The van der Waals surface area contributed by atoms with Crippen LogP contribution < -0.4 is 0 Å². The summed E-state index contributed by atoms with van der Waals surface area (Å²) >= 11 is 0. The predicted octanol–water partition coefficient (Wildman–Crippen LogP) is 2.53. The summed E-state index contributed by atoms with van der Waals surface area (Å²) in [6, 6.07) is 6.64. The van der Waals surface area contributed by atoms with E-state index in [1.807, 2.05) is 6.07 Å². The molecule has 5 nitrogen and oxygen atoms in total. The minimum atomic E-state index is -0.393. The lowest BCUT2D eigenvalue weighted by molar-refractivity contribution is -0.383. The van der Waals surface area contributed by atoms with Crippen molar-refractivity contribution >= 4 is 22.4 Å². The van der Waals surface area contributed by atoms with E-state index < -0.39 is 4.92 Å². The molecule has 0 N–H and O–H groups in total. The lowest BCUT2D eigenvalue weighted by Gasteiger charge is -2.03. The fraction of sp³-hybridized carbons (Fsp3) is 0.308. The summed E-state index contributed by atoms with van der Waals surface area (Å²) in [6.07, 6.45) is 3.72. The van der Waals surface area contributed by atoms with E-state index in [-0.39, 0.29) is 17.4 Å². The van der Waals surface area contributed by atoms with Gasteiger partial charge >= 0.3 is 0 Å². The highest BCUT2D eigenvalue weighted by atomic mass is 16.6. The van der Waals surface area contributed by atoms with Crippen molar-refractivity contribution in [3.05, 3.63) is 40.6 Å². The van der Waals surface area contributed by atoms with Crippen molar-refractivity contribution in [1.82, 2.24) is 4.57 Å². The Kier molecular flexibility index (Phi) is 2.40. The maximum atomic E-state index is 11.8. The molecule has 1 aromatic carbocycles. The summed E-state index contributed by atoms with van der Waals surface area (Å²) in [5.74, 6) is 0.431. The zero-order chi connectivity index (χ0) is 12.7. The van der Waals surface area contributed by atoms with E-state index >= 15 is 0 Å². The molecule has 0 spiro atoms. The molecule has 1 aliphatic carbocycles. The number of hydrogen-bond donors (Lipinski definition) is 0. The Morgan fingerprint density at radius 2 is 2.17 bits per heavy atom. The Balaban J connectivity index is 2.01. The fourth-order valence-corrected chi connectivity index (χ4v) is 2.21. The Hall–Kier alpha value is -2.17. The summed E-state index contributed by atoms with van der Waals surface area (Å²) in [6.45, 7) is 0.315. The largest absolute Gasteiger partial charge is 0.340 e. The van der Waals surface area contributed by atoms with Crippen LogP contribution in [-0.2, 0) is 11.3 Å². The lowest BCUT2D eigenvalue weighted by atomic mass is 10.2. The Bertz CT molecular complexity index is 641. The Labute approximate surface area is 103 Å². The number of ketones is 1. The van der Waals surface area contributed by atoms with Crippen LogP contribution in [0.4, 0.5) is 5.69 Å². The maximum absolute atomic E-state index is 11.8. The second-order valence-electron chi connectivity index (χ2n) is 4.65. The van der Waals surface area contributed by atoms with E-state index in [1.54, 1.807) is 22.9 Å². The minimum absolute atomic E-state index is 0.0881. The van der Waals surface area contributed by atoms with E-state index in [1.165, 1.54) is 6.07 Å². The van der Waals surface area contributed by atoms with Crippen molar-refractivity contribution in [3.8, 4) is 0 Å². The van der Waals surface area contributed by atoms with Crippen LogP contribution in [0.3, 0.4) is 0 Å². The quantitative estimate of drug-likeness (QED) is 0.613. The molecule has 0 aliphatic heterocycles. The summed E-state index contributed by atoms with van der Waals surface area (Å²) < 4.78 is 1.79. The first kappa shape index (κ1) is 11.0. The molecule has 0 saturated heterocycles. The average Bonchev–Trinajstić information content (AvgIpc) is 3.12. The number of non-ortho nitro benzene ring substituents is 1. The van der Waals surface area contributed by atoms with Crippen molar-refractivity contribution < 1.29 is 9.72 Å². The first-order valence-corrected chi connectivity index (χ1v) is 5.92. The van der Waals surface area contributed by atoms with E-state index in [9.17, 15) is 14.9 Å². The number of benzene rings is 1. The van der Waals surface area contributed by atoms with Crippen molar-refractivity contribution in [2.45, 2.75) is 19.4 Å². The van der Waals surface area contributed by atoms with Crippen LogP contribution in [-0.4, -0.2) is 15.3 Å². The molecule has 5 heteroatoms. The highest BCUT2D eigenvalue weighted by Gasteiger charge is 2.29. The molecule has 3 rings (SSSR count). The van der Waals surface area contributed by atoms with Crippen LogP contribution in [0.25, 0.3) is 10.9 Å². The van der Waals surface area contributed by atoms with Crippen LogP contribution >= 0.6 is 0 Å². The molecule has 0 bridgehead atoms. The van der Waals surface area contributed by atoms with Gasteiger partial charge in [-0.3, -0.25) is 14.9 Å². The van der Waals surface area contributed by atoms with E-state index in [4.69, 9.17) is 0 Å². The number of carbonyl (C=O) groups is 1. The smallest absolute Gasteiger partial charge is 0.278 e. The zero-order valence-electron chi connectivity index (χ0n) is 9.70. The molecule has 0 amide bonds. The molecule has 0 unspecified atom stereocenters. The molecule has 1 heterocycles. The van der Waals surface area contributed by atoms with Gasteiger partial charge in [-0.1, -0.05) is 6.07 Å². The molecule has 0 radical (unpaired) electrons. The van der Waals surface area contributed by atoms with Crippen LogP contribution in [0.15, 0.2) is 30.5 Å². The molecule has 0 atom stereocenters. The fourth-order valence-electron chi connectivity index (χ4n) is 2.21. The number of nitro groups is 1. The molecular formula is C13H12N2O3. The van der Waals surface area contributed by atoms with Gasteiger partial charge in [-0.25, -0.2) is 0 Å². The number of nitrogens with zero attached hydrogens (tertiary/aromatic N) is 2. The summed E-state index contributed by atoms with van der Waals surface area (Å²) in [5, 5.41) is 11.5. The third-order valence-corrected chi connectivity index (χ3v) is 3.35. The first-order chi connectivity index (χ1) is 8.66. The second-order valence-corrected chi connectivity index (χ2v) is 4.65. The average molecular weight is 244 g/mol. The monoisotopic (exact) mass is 244 g/mol. The van der Waals surface area contributed by atoms with E-state index in [0.717, 1.165) is 18.4 Å². The third kappa shape index (κ3) is 1.77. The number of rotatable bonds is 4. The van der Waals surface area contributed by atoms with Gasteiger partial charge in [0.1, 0.15) is 0 Å². The second kappa shape index (κ2) is 3.94. The summed E-state index contributed by atoms with van der Waals surface area (Å²) in [5.41, 5.74) is 0.836. The number of carbonyl (C=O) groups excluding carboxylic acids is 1. The number of aromatic nitrogens is 1. The molecule has 2 aromatic rings. The van der Waals surface area contributed by atoms with Gasteiger partial charge in [-0.15, -0.1) is 0 Å². The van der Waals surface area contributed by atoms with Gasteiger partial charge < -0.3 is 4.57 Å². The molecule has 1 fully saturated rings. The van der Waals surface area contributed by atoms with E-state index in [2.05, 4.69) is 0 Å². The van der Waals surface area contributed by atoms with Gasteiger partial charge in [0, 0.05) is 18.2 Å². The minimum Gasteiger partial charge on any atom is -0.340 e. The zero-order valence-corrected chi connectivity index (χ0v) is 9.70. The number of nitro benzene ring substituents is 1. The molecule has 1 aromatic heterocycles. The molecule has 1 aliphatic rings.